The van der Waals surface area contributed by atoms with Crippen LogP contribution in [0.4, 0.5) is 5.95 Å². The Morgan fingerprint density at radius 1 is 1.38 bits per heavy atom. The average molecular weight is 379 g/mol. The summed E-state index contributed by atoms with van der Waals surface area (Å²) in [4.78, 5) is 20.4. The molecule has 0 bridgehead atoms. The molecule has 1 aliphatic heterocycles. The fourth-order valence-electron chi connectivity index (χ4n) is 2.92. The van der Waals surface area contributed by atoms with Gasteiger partial charge in [0.05, 0.1) is 13.0 Å². The molecule has 0 spiro atoms. The summed E-state index contributed by atoms with van der Waals surface area (Å²) in [6, 6.07) is 7.18. The lowest BCUT2D eigenvalue weighted by Crippen LogP contribution is -2.38. The van der Waals surface area contributed by atoms with Gasteiger partial charge < -0.3 is 19.1 Å². The van der Waals surface area contributed by atoms with Gasteiger partial charge in [-0.05, 0) is 36.2 Å². The van der Waals surface area contributed by atoms with Crippen molar-refractivity contribution in [3.8, 4) is 5.75 Å². The van der Waals surface area contributed by atoms with E-state index >= 15 is 0 Å². The van der Waals surface area contributed by atoms with Crippen molar-refractivity contribution >= 4 is 23.5 Å². The van der Waals surface area contributed by atoms with Gasteiger partial charge >= 0.3 is 0 Å². The van der Waals surface area contributed by atoms with E-state index in [0.717, 1.165) is 12.8 Å². The molecule has 140 valence electrons. The van der Waals surface area contributed by atoms with Crippen molar-refractivity contribution in [3.63, 3.8) is 0 Å². The van der Waals surface area contributed by atoms with Crippen molar-refractivity contribution in [2.75, 3.05) is 38.7 Å². The fraction of sp³-hybridized carbons (Fsp3) is 0.500. The Morgan fingerprint density at radius 2 is 2.15 bits per heavy atom. The summed E-state index contributed by atoms with van der Waals surface area (Å²) in [5.74, 6) is 2.23. The minimum Gasteiger partial charge on any atom is -0.493 e. The molecule has 8 heteroatoms. The van der Waals surface area contributed by atoms with Crippen molar-refractivity contribution in [2.45, 2.75) is 25.2 Å². The lowest BCUT2D eigenvalue weighted by atomic mass is 9.96. The maximum Gasteiger partial charge on any atom is 0.265 e. The molecule has 26 heavy (non-hydrogen) atoms. The molecule has 1 fully saturated rings. The molecule has 2 aromatic rings. The van der Waals surface area contributed by atoms with Crippen molar-refractivity contribution in [2.24, 2.45) is 0 Å². The fourth-order valence-corrected chi connectivity index (χ4v) is 3.10. The molecule has 0 atom stereocenters. The highest BCUT2D eigenvalue weighted by Gasteiger charge is 2.27. The van der Waals surface area contributed by atoms with E-state index < -0.39 is 0 Å². The molecule has 1 amide bonds. The average Bonchev–Trinajstić information content (AvgIpc) is 3.12. The summed E-state index contributed by atoms with van der Waals surface area (Å²) in [6.45, 7) is 1.73. The number of aromatic nitrogens is 2. The maximum absolute atomic E-state index is 12.4. The lowest BCUT2D eigenvalue weighted by molar-refractivity contribution is -0.132. The van der Waals surface area contributed by atoms with E-state index in [9.17, 15) is 4.79 Å². The van der Waals surface area contributed by atoms with Gasteiger partial charge in [-0.2, -0.15) is 4.98 Å². The number of rotatable bonds is 6. The van der Waals surface area contributed by atoms with Crippen LogP contribution in [0.2, 0.25) is 5.02 Å². The summed E-state index contributed by atoms with van der Waals surface area (Å²) in [6.07, 6.45) is 2.01. The number of piperidine rings is 1. The summed E-state index contributed by atoms with van der Waals surface area (Å²) in [5, 5.41) is 4.57. The molecular weight excluding hydrogens is 356 g/mol. The number of hydrogen-bond donors (Lipinski definition) is 0. The van der Waals surface area contributed by atoms with Crippen LogP contribution in [0.15, 0.2) is 28.8 Å². The van der Waals surface area contributed by atoms with Crippen LogP contribution in [-0.4, -0.2) is 54.7 Å². The van der Waals surface area contributed by atoms with Gasteiger partial charge in [0.1, 0.15) is 5.75 Å². The van der Waals surface area contributed by atoms with E-state index in [1.54, 1.807) is 12.1 Å². The molecule has 0 radical (unpaired) electrons. The predicted molar refractivity (Wildman–Crippen MR) is 98.7 cm³/mol. The topological polar surface area (TPSA) is 71.7 Å². The Hall–Kier alpha value is -2.28. The van der Waals surface area contributed by atoms with Gasteiger partial charge in [-0.1, -0.05) is 17.7 Å². The number of ether oxygens (including phenoxy) is 1. The third kappa shape index (κ3) is 4.66. The second kappa shape index (κ2) is 8.40. The molecule has 1 aliphatic rings. The number of likely N-dealkylation sites (tertiary alicyclic amines) is 1. The zero-order valence-corrected chi connectivity index (χ0v) is 15.8. The molecule has 7 nitrogen and oxygen atoms in total. The Morgan fingerprint density at radius 3 is 2.81 bits per heavy atom. The van der Waals surface area contributed by atoms with Gasteiger partial charge in [-0.15, -0.1) is 0 Å². The minimum absolute atomic E-state index is 0.102. The molecule has 2 heterocycles. The first-order valence-corrected chi connectivity index (χ1v) is 9.08. The number of benzene rings is 1. The van der Waals surface area contributed by atoms with Gasteiger partial charge in [0.25, 0.3) is 5.95 Å². The van der Waals surface area contributed by atoms with E-state index in [0.29, 0.717) is 48.7 Å². The first-order chi connectivity index (χ1) is 12.5. The predicted octanol–water partition coefficient (Wildman–Crippen LogP) is 2.96. The number of anilines is 1. The zero-order chi connectivity index (χ0) is 18.5. The summed E-state index contributed by atoms with van der Waals surface area (Å²) in [7, 11) is 3.75. The van der Waals surface area contributed by atoms with Crippen molar-refractivity contribution in [1.82, 2.24) is 15.0 Å². The molecule has 1 aromatic heterocycles. The van der Waals surface area contributed by atoms with Crippen LogP contribution >= 0.6 is 11.6 Å². The molecule has 1 aromatic carbocycles. The number of carbonyl (C=O) groups is 1. The van der Waals surface area contributed by atoms with E-state index in [2.05, 4.69) is 10.1 Å². The van der Waals surface area contributed by atoms with E-state index in [4.69, 9.17) is 20.9 Å². The second-order valence-electron chi connectivity index (χ2n) is 6.54. The molecule has 0 N–H and O–H groups in total. The Bertz CT molecular complexity index is 742. The molecule has 0 saturated carbocycles. The van der Waals surface area contributed by atoms with Crippen molar-refractivity contribution in [3.05, 3.63) is 35.2 Å². The van der Waals surface area contributed by atoms with Crippen LogP contribution in [0.5, 0.6) is 5.75 Å². The van der Waals surface area contributed by atoms with Gasteiger partial charge in [-0.25, -0.2) is 0 Å². The highest BCUT2D eigenvalue weighted by atomic mass is 35.5. The van der Waals surface area contributed by atoms with Gasteiger partial charge in [0, 0.05) is 38.1 Å². The van der Waals surface area contributed by atoms with Crippen LogP contribution in [-0.2, 0) is 4.79 Å². The van der Waals surface area contributed by atoms with Gasteiger partial charge in [0.15, 0.2) is 0 Å². The minimum atomic E-state index is 0.102. The number of carbonyl (C=O) groups excluding carboxylic acids is 1. The van der Waals surface area contributed by atoms with Crippen LogP contribution in [0.25, 0.3) is 0 Å². The molecular formula is C18H23ClN4O3. The first-order valence-electron chi connectivity index (χ1n) is 8.70. The largest absolute Gasteiger partial charge is 0.493 e. The Labute approximate surface area is 157 Å². The molecule has 0 unspecified atom stereocenters. The zero-order valence-electron chi connectivity index (χ0n) is 15.0. The van der Waals surface area contributed by atoms with E-state index in [1.807, 2.05) is 36.0 Å². The van der Waals surface area contributed by atoms with E-state index in [-0.39, 0.29) is 11.8 Å². The Balaban J connectivity index is 1.43. The SMILES string of the molecule is CN(C)c1noc(C2CCN(C(=O)CCOc3cccc(Cl)c3)CC2)n1. The van der Waals surface area contributed by atoms with Crippen LogP contribution in [0, 0.1) is 0 Å². The summed E-state index contributed by atoms with van der Waals surface area (Å²) >= 11 is 5.92. The van der Waals surface area contributed by atoms with Crippen molar-refractivity contribution in [1.29, 1.82) is 0 Å². The quantitative estimate of drug-likeness (QED) is 0.769. The van der Waals surface area contributed by atoms with Crippen LogP contribution in [0.1, 0.15) is 31.1 Å². The number of nitrogens with zero attached hydrogens (tertiary/aromatic N) is 4. The summed E-state index contributed by atoms with van der Waals surface area (Å²) in [5.41, 5.74) is 0. The normalized spacial score (nSPS) is 15.1. The third-order valence-electron chi connectivity index (χ3n) is 4.41. The number of hydrogen-bond acceptors (Lipinski definition) is 6. The maximum atomic E-state index is 12.4. The Kier molecular flexibility index (Phi) is 5.98. The van der Waals surface area contributed by atoms with Gasteiger partial charge in [-0.3, -0.25) is 4.79 Å². The van der Waals surface area contributed by atoms with Crippen LogP contribution < -0.4 is 9.64 Å². The van der Waals surface area contributed by atoms with Crippen molar-refractivity contribution < 1.29 is 14.1 Å². The highest BCUT2D eigenvalue weighted by Crippen LogP contribution is 2.28. The highest BCUT2D eigenvalue weighted by molar-refractivity contribution is 6.30. The number of amides is 1. The standard InChI is InChI=1S/C18H23ClN4O3/c1-22(2)18-20-17(26-21-18)13-6-9-23(10-7-13)16(24)8-11-25-15-5-3-4-14(19)12-15/h3-5,12-13H,6-11H2,1-2H3. The molecule has 0 aliphatic carbocycles. The third-order valence-corrected chi connectivity index (χ3v) is 4.64. The summed E-state index contributed by atoms with van der Waals surface area (Å²) < 4.78 is 10.9. The first kappa shape index (κ1) is 18.5. The lowest BCUT2D eigenvalue weighted by Gasteiger charge is -2.30. The smallest absolute Gasteiger partial charge is 0.265 e. The van der Waals surface area contributed by atoms with Crippen LogP contribution in [0.3, 0.4) is 0 Å². The monoisotopic (exact) mass is 378 g/mol. The second-order valence-corrected chi connectivity index (χ2v) is 6.97. The van der Waals surface area contributed by atoms with E-state index in [1.165, 1.54) is 0 Å². The molecule has 1 saturated heterocycles. The van der Waals surface area contributed by atoms with Gasteiger partial charge in [0.2, 0.25) is 11.8 Å². The number of halogens is 1. The molecule has 3 rings (SSSR count).